The Balaban J connectivity index is 2.56. The molecule has 5 nitrogen and oxygen atoms in total. The summed E-state index contributed by atoms with van der Waals surface area (Å²) in [5.41, 5.74) is 0. The van der Waals surface area contributed by atoms with E-state index in [0.29, 0.717) is 12.5 Å². The summed E-state index contributed by atoms with van der Waals surface area (Å²) in [7, 11) is 0. The molecule has 17 heavy (non-hydrogen) atoms. The van der Waals surface area contributed by atoms with Crippen LogP contribution in [0, 0.1) is 5.92 Å². The Kier molecular flexibility index (Phi) is 5.82. The smallest absolute Gasteiger partial charge is 0.109 e. The summed E-state index contributed by atoms with van der Waals surface area (Å²) >= 11 is 0. The van der Waals surface area contributed by atoms with Gasteiger partial charge in [-0.25, -0.2) is 0 Å². The van der Waals surface area contributed by atoms with Crippen molar-refractivity contribution in [3.8, 4) is 0 Å². The number of likely N-dealkylation sites (tertiary alicyclic amines) is 1. The molecule has 0 bridgehead atoms. The number of aliphatic hydroxyl groups is 4. The lowest BCUT2D eigenvalue weighted by Crippen LogP contribution is -2.62. The molecule has 5 atom stereocenters. The van der Waals surface area contributed by atoms with Crippen molar-refractivity contribution in [2.45, 2.75) is 51.0 Å². The van der Waals surface area contributed by atoms with Crippen molar-refractivity contribution in [3.63, 3.8) is 0 Å². The van der Waals surface area contributed by atoms with E-state index in [1.807, 2.05) is 4.90 Å². The van der Waals surface area contributed by atoms with Gasteiger partial charge in [-0.1, -0.05) is 20.3 Å². The number of piperidine rings is 1. The van der Waals surface area contributed by atoms with Gasteiger partial charge in [-0.05, 0) is 18.9 Å². The van der Waals surface area contributed by atoms with Crippen molar-refractivity contribution in [2.24, 2.45) is 5.92 Å². The minimum absolute atomic E-state index is 0.203. The molecule has 0 saturated carbocycles. The molecule has 1 heterocycles. The molecule has 0 aliphatic carbocycles. The van der Waals surface area contributed by atoms with Gasteiger partial charge < -0.3 is 20.4 Å². The van der Waals surface area contributed by atoms with E-state index < -0.39 is 24.4 Å². The Bertz CT molecular complexity index is 227. The van der Waals surface area contributed by atoms with Gasteiger partial charge in [0.25, 0.3) is 0 Å². The molecule has 1 rings (SSSR count). The molecule has 0 amide bonds. The topological polar surface area (TPSA) is 84.2 Å². The lowest BCUT2D eigenvalue weighted by Gasteiger charge is -2.43. The largest absolute Gasteiger partial charge is 0.395 e. The molecule has 1 aliphatic heterocycles. The molecule has 0 spiro atoms. The second-order valence-corrected chi connectivity index (χ2v) is 5.10. The monoisotopic (exact) mass is 247 g/mol. The van der Waals surface area contributed by atoms with Crippen molar-refractivity contribution in [3.05, 3.63) is 0 Å². The molecule has 1 fully saturated rings. The van der Waals surface area contributed by atoms with Gasteiger partial charge in [0.1, 0.15) is 12.2 Å². The van der Waals surface area contributed by atoms with Crippen molar-refractivity contribution in [1.82, 2.24) is 4.90 Å². The summed E-state index contributed by atoms with van der Waals surface area (Å²) in [6.45, 7) is 5.10. The zero-order chi connectivity index (χ0) is 13.0. The molecule has 102 valence electrons. The van der Waals surface area contributed by atoms with Gasteiger partial charge in [0, 0.05) is 6.54 Å². The molecule has 1 aliphatic rings. The van der Waals surface area contributed by atoms with E-state index in [1.165, 1.54) is 0 Å². The summed E-state index contributed by atoms with van der Waals surface area (Å²) in [5, 5.41) is 38.2. The van der Waals surface area contributed by atoms with Crippen molar-refractivity contribution < 1.29 is 20.4 Å². The van der Waals surface area contributed by atoms with Crippen molar-refractivity contribution in [2.75, 3.05) is 19.7 Å². The molecule has 1 unspecified atom stereocenters. The quantitative estimate of drug-likeness (QED) is 0.510. The van der Waals surface area contributed by atoms with Gasteiger partial charge in [-0.2, -0.15) is 0 Å². The van der Waals surface area contributed by atoms with Crippen LogP contribution in [0.4, 0.5) is 0 Å². The number of hydrogen-bond acceptors (Lipinski definition) is 5. The zero-order valence-electron chi connectivity index (χ0n) is 10.7. The maximum absolute atomic E-state index is 9.79. The Morgan fingerprint density at radius 2 is 1.88 bits per heavy atom. The molecule has 0 aromatic heterocycles. The fourth-order valence-corrected chi connectivity index (χ4v) is 2.23. The first-order valence-electron chi connectivity index (χ1n) is 6.40. The first-order chi connectivity index (χ1) is 8.01. The number of rotatable bonds is 5. The van der Waals surface area contributed by atoms with Crippen LogP contribution in [0.2, 0.25) is 0 Å². The van der Waals surface area contributed by atoms with Crippen molar-refractivity contribution in [1.29, 1.82) is 0 Å². The Morgan fingerprint density at radius 3 is 2.41 bits per heavy atom. The van der Waals surface area contributed by atoms with Crippen LogP contribution in [0.15, 0.2) is 0 Å². The average Bonchev–Trinajstić information content (AvgIpc) is 2.33. The molecule has 5 heteroatoms. The highest BCUT2D eigenvalue weighted by molar-refractivity contribution is 4.94. The van der Waals surface area contributed by atoms with Crippen LogP contribution in [0.5, 0.6) is 0 Å². The van der Waals surface area contributed by atoms with Crippen LogP contribution in [0.1, 0.15) is 26.7 Å². The molecule has 4 N–H and O–H groups in total. The van der Waals surface area contributed by atoms with E-state index in [9.17, 15) is 20.4 Å². The van der Waals surface area contributed by atoms with Gasteiger partial charge in [-0.3, -0.25) is 4.90 Å². The van der Waals surface area contributed by atoms with Crippen LogP contribution in [0.3, 0.4) is 0 Å². The summed E-state index contributed by atoms with van der Waals surface area (Å²) in [5.74, 6) is 0.579. The SMILES string of the molecule is CCC(C)CCN1C[C@H](O)[C@@H](O)[C@@H](O)[C@H]1CO. The molecule has 0 radical (unpaired) electrons. The summed E-state index contributed by atoms with van der Waals surface area (Å²) in [6.07, 6.45) is -1.13. The lowest BCUT2D eigenvalue weighted by atomic mass is 9.93. The van der Waals surface area contributed by atoms with Gasteiger partial charge in [0.2, 0.25) is 0 Å². The predicted molar refractivity (Wildman–Crippen MR) is 64.5 cm³/mol. The third kappa shape index (κ3) is 3.63. The molecular formula is C12H25NO4. The van der Waals surface area contributed by atoms with Gasteiger partial charge in [-0.15, -0.1) is 0 Å². The summed E-state index contributed by atoms with van der Waals surface area (Å²) in [6, 6.07) is -0.475. The molecule has 0 aromatic carbocycles. The normalized spacial score (nSPS) is 37.1. The predicted octanol–water partition coefficient (Wildman–Crippen LogP) is -0.818. The van der Waals surface area contributed by atoms with E-state index in [0.717, 1.165) is 19.4 Å². The molecular weight excluding hydrogens is 222 g/mol. The van der Waals surface area contributed by atoms with E-state index in [-0.39, 0.29) is 6.61 Å². The minimum atomic E-state index is -1.16. The van der Waals surface area contributed by atoms with Gasteiger partial charge in [0.15, 0.2) is 0 Å². The number of aliphatic hydroxyl groups excluding tert-OH is 4. The van der Waals surface area contributed by atoms with Gasteiger partial charge in [0.05, 0.1) is 18.8 Å². The highest BCUT2D eigenvalue weighted by Crippen LogP contribution is 2.20. The molecule has 1 saturated heterocycles. The Hall–Kier alpha value is -0.200. The van der Waals surface area contributed by atoms with E-state index in [1.54, 1.807) is 0 Å². The highest BCUT2D eigenvalue weighted by atomic mass is 16.4. The second kappa shape index (κ2) is 6.66. The first-order valence-corrected chi connectivity index (χ1v) is 6.40. The summed E-state index contributed by atoms with van der Waals surface area (Å²) < 4.78 is 0. The van der Waals surface area contributed by atoms with E-state index >= 15 is 0 Å². The zero-order valence-corrected chi connectivity index (χ0v) is 10.7. The van der Waals surface area contributed by atoms with Crippen LogP contribution in [-0.2, 0) is 0 Å². The number of hydrogen-bond donors (Lipinski definition) is 4. The van der Waals surface area contributed by atoms with E-state index in [2.05, 4.69) is 13.8 Å². The maximum atomic E-state index is 9.79. The van der Waals surface area contributed by atoms with Crippen molar-refractivity contribution >= 4 is 0 Å². The Labute approximate surface area is 103 Å². The Morgan fingerprint density at radius 1 is 1.24 bits per heavy atom. The first kappa shape index (κ1) is 14.9. The standard InChI is InChI=1S/C12H25NO4/c1-3-8(2)4-5-13-6-10(15)12(17)11(16)9(13)7-14/h8-12,14-17H,3-7H2,1-2H3/t8?,9-,10+,11+,12-/m1/s1. The van der Waals surface area contributed by atoms with Gasteiger partial charge >= 0.3 is 0 Å². The second-order valence-electron chi connectivity index (χ2n) is 5.10. The van der Waals surface area contributed by atoms with E-state index in [4.69, 9.17) is 0 Å². The van der Waals surface area contributed by atoms with Crippen LogP contribution in [0.25, 0.3) is 0 Å². The molecule has 0 aromatic rings. The number of nitrogens with zero attached hydrogens (tertiary/aromatic N) is 1. The maximum Gasteiger partial charge on any atom is 0.109 e. The fourth-order valence-electron chi connectivity index (χ4n) is 2.23. The van der Waals surface area contributed by atoms with Crippen LogP contribution in [-0.4, -0.2) is 69.4 Å². The van der Waals surface area contributed by atoms with Crippen LogP contribution >= 0.6 is 0 Å². The summed E-state index contributed by atoms with van der Waals surface area (Å²) in [4.78, 5) is 1.87. The fraction of sp³-hybridized carbons (Fsp3) is 1.00. The number of β-amino-alcohol motifs (C(OH)–C–C–N with tert-alkyl or cyclic N) is 1. The highest BCUT2D eigenvalue weighted by Gasteiger charge is 2.40. The minimum Gasteiger partial charge on any atom is -0.395 e. The average molecular weight is 247 g/mol. The third-order valence-corrected chi connectivity index (χ3v) is 3.82. The third-order valence-electron chi connectivity index (χ3n) is 3.82. The lowest BCUT2D eigenvalue weighted by molar-refractivity contribution is -0.145. The van der Waals surface area contributed by atoms with Crippen LogP contribution < -0.4 is 0 Å².